The number of likely N-dealkylation sites (tertiary alicyclic amines) is 1. The number of esters is 1. The number of rotatable bonds is 5. The summed E-state index contributed by atoms with van der Waals surface area (Å²) in [5.41, 5.74) is 4.85. The van der Waals surface area contributed by atoms with Gasteiger partial charge in [0.1, 0.15) is 0 Å². The number of benzene rings is 1. The van der Waals surface area contributed by atoms with Crippen LogP contribution in [0, 0.1) is 33.6 Å². The summed E-state index contributed by atoms with van der Waals surface area (Å²) in [5, 5.41) is 0. The molecule has 6 nitrogen and oxygen atoms in total. The Balaban J connectivity index is 1.53. The molecule has 1 saturated heterocycles. The molecule has 0 N–H and O–H groups in total. The highest BCUT2D eigenvalue weighted by molar-refractivity contribution is 6.00. The second-order valence-electron chi connectivity index (χ2n) is 7.69. The number of hydrogen-bond donors (Lipinski definition) is 0. The van der Waals surface area contributed by atoms with E-state index in [0.29, 0.717) is 37.3 Å². The van der Waals surface area contributed by atoms with Gasteiger partial charge in [-0.3, -0.25) is 14.4 Å². The largest absolute Gasteiger partial charge is 0.459 e. The van der Waals surface area contributed by atoms with Crippen molar-refractivity contribution in [3.63, 3.8) is 0 Å². The van der Waals surface area contributed by atoms with Gasteiger partial charge in [-0.15, -0.1) is 0 Å². The standard InChI is InChI=1S/C23H27NO5/c1-14-12-19(17(4)16(3)15(14)2)20(25)13-29-23(27)18-7-9-24(10-8-18)22(26)21-6-5-11-28-21/h5-6,11-12,18H,7-10,13H2,1-4H3. The molecule has 1 aromatic heterocycles. The molecular formula is C23H27NO5. The first-order chi connectivity index (χ1) is 13.8. The van der Waals surface area contributed by atoms with Crippen molar-refractivity contribution in [2.24, 2.45) is 5.92 Å². The number of hydrogen-bond acceptors (Lipinski definition) is 5. The molecule has 154 valence electrons. The maximum Gasteiger partial charge on any atom is 0.309 e. The number of Topliss-reactive ketones (excluding diaryl/α,β-unsaturated/α-hetero) is 1. The lowest BCUT2D eigenvalue weighted by atomic mass is 9.93. The predicted octanol–water partition coefficient (Wildman–Crippen LogP) is 3.79. The minimum absolute atomic E-state index is 0.169. The molecule has 0 bridgehead atoms. The van der Waals surface area contributed by atoms with Crippen LogP contribution in [-0.2, 0) is 9.53 Å². The van der Waals surface area contributed by atoms with Gasteiger partial charge in [0, 0.05) is 18.7 Å². The third-order valence-corrected chi connectivity index (χ3v) is 5.97. The molecule has 1 aliphatic rings. The van der Waals surface area contributed by atoms with Crippen LogP contribution in [0.2, 0.25) is 0 Å². The molecule has 6 heteroatoms. The fraction of sp³-hybridized carbons (Fsp3) is 0.435. The Morgan fingerprint density at radius 1 is 1.07 bits per heavy atom. The lowest BCUT2D eigenvalue weighted by Crippen LogP contribution is -2.40. The van der Waals surface area contributed by atoms with E-state index in [1.807, 2.05) is 33.8 Å². The molecule has 1 fully saturated rings. The molecule has 2 heterocycles. The number of nitrogens with zero attached hydrogens (tertiary/aromatic N) is 1. The molecule has 0 unspecified atom stereocenters. The number of piperidine rings is 1. The Labute approximate surface area is 170 Å². The van der Waals surface area contributed by atoms with Crippen molar-refractivity contribution in [3.8, 4) is 0 Å². The quantitative estimate of drug-likeness (QED) is 0.567. The molecule has 1 amide bonds. The third-order valence-electron chi connectivity index (χ3n) is 5.97. The number of carbonyl (C=O) groups excluding carboxylic acids is 3. The number of carbonyl (C=O) groups is 3. The van der Waals surface area contributed by atoms with Crippen molar-refractivity contribution < 1.29 is 23.5 Å². The summed E-state index contributed by atoms with van der Waals surface area (Å²) < 4.78 is 10.5. The van der Waals surface area contributed by atoms with Gasteiger partial charge in [0.25, 0.3) is 5.91 Å². The number of aryl methyl sites for hydroxylation is 1. The van der Waals surface area contributed by atoms with Crippen LogP contribution in [0.15, 0.2) is 28.9 Å². The Kier molecular flexibility index (Phi) is 6.20. The van der Waals surface area contributed by atoms with Crippen molar-refractivity contribution >= 4 is 17.7 Å². The second-order valence-corrected chi connectivity index (χ2v) is 7.69. The van der Waals surface area contributed by atoms with E-state index in [9.17, 15) is 14.4 Å². The van der Waals surface area contributed by atoms with E-state index in [1.165, 1.54) is 11.8 Å². The number of ether oxygens (including phenoxy) is 1. The summed E-state index contributed by atoms with van der Waals surface area (Å²) in [6.07, 6.45) is 2.50. The maximum atomic E-state index is 12.6. The minimum Gasteiger partial charge on any atom is -0.459 e. The van der Waals surface area contributed by atoms with E-state index in [1.54, 1.807) is 17.0 Å². The summed E-state index contributed by atoms with van der Waals surface area (Å²) >= 11 is 0. The van der Waals surface area contributed by atoms with Crippen LogP contribution in [0.25, 0.3) is 0 Å². The van der Waals surface area contributed by atoms with Crippen LogP contribution in [0.4, 0.5) is 0 Å². The summed E-state index contributed by atoms with van der Waals surface area (Å²) in [6, 6.07) is 5.17. The van der Waals surface area contributed by atoms with Gasteiger partial charge in [-0.1, -0.05) is 0 Å². The number of amides is 1. The number of furan rings is 1. The van der Waals surface area contributed by atoms with Crippen molar-refractivity contribution in [2.45, 2.75) is 40.5 Å². The summed E-state index contributed by atoms with van der Waals surface area (Å²) in [4.78, 5) is 39.0. The maximum absolute atomic E-state index is 12.6. The molecule has 3 rings (SSSR count). The molecular weight excluding hydrogens is 370 g/mol. The topological polar surface area (TPSA) is 76.8 Å². The van der Waals surface area contributed by atoms with Gasteiger partial charge in [-0.2, -0.15) is 0 Å². The van der Waals surface area contributed by atoms with Crippen LogP contribution in [-0.4, -0.2) is 42.3 Å². The lowest BCUT2D eigenvalue weighted by Gasteiger charge is -2.30. The van der Waals surface area contributed by atoms with E-state index in [4.69, 9.17) is 9.15 Å². The highest BCUT2D eigenvalue weighted by atomic mass is 16.5. The lowest BCUT2D eigenvalue weighted by molar-refractivity contribution is -0.148. The van der Waals surface area contributed by atoms with Gasteiger partial charge in [0.2, 0.25) is 5.78 Å². The summed E-state index contributed by atoms with van der Waals surface area (Å²) in [5.74, 6) is -0.728. The second kappa shape index (κ2) is 8.64. The Hall–Kier alpha value is -2.89. The summed E-state index contributed by atoms with van der Waals surface area (Å²) in [6.45, 7) is 8.59. The summed E-state index contributed by atoms with van der Waals surface area (Å²) in [7, 11) is 0. The highest BCUT2D eigenvalue weighted by Crippen LogP contribution is 2.23. The van der Waals surface area contributed by atoms with Crippen LogP contribution in [0.5, 0.6) is 0 Å². The van der Waals surface area contributed by atoms with E-state index < -0.39 is 0 Å². The van der Waals surface area contributed by atoms with E-state index in [-0.39, 0.29) is 30.2 Å². The molecule has 29 heavy (non-hydrogen) atoms. The average molecular weight is 397 g/mol. The normalized spacial score (nSPS) is 14.7. The first-order valence-corrected chi connectivity index (χ1v) is 9.89. The van der Waals surface area contributed by atoms with Crippen molar-refractivity contribution in [1.82, 2.24) is 4.90 Å². The van der Waals surface area contributed by atoms with Gasteiger partial charge in [0.05, 0.1) is 12.2 Å². The number of ketones is 1. The first-order valence-electron chi connectivity index (χ1n) is 9.89. The monoisotopic (exact) mass is 397 g/mol. The zero-order valence-corrected chi connectivity index (χ0v) is 17.4. The van der Waals surface area contributed by atoms with E-state index in [0.717, 1.165) is 16.7 Å². The van der Waals surface area contributed by atoms with Gasteiger partial charge < -0.3 is 14.1 Å². The van der Waals surface area contributed by atoms with Gasteiger partial charge >= 0.3 is 5.97 Å². The van der Waals surface area contributed by atoms with Gasteiger partial charge in [-0.05, 0) is 81.0 Å². The van der Waals surface area contributed by atoms with Crippen LogP contribution < -0.4 is 0 Å². The van der Waals surface area contributed by atoms with Crippen molar-refractivity contribution in [2.75, 3.05) is 19.7 Å². The van der Waals surface area contributed by atoms with Gasteiger partial charge in [-0.25, -0.2) is 0 Å². The molecule has 1 aromatic carbocycles. The third kappa shape index (κ3) is 4.42. The fourth-order valence-corrected chi connectivity index (χ4v) is 3.71. The van der Waals surface area contributed by atoms with Crippen LogP contribution in [0.3, 0.4) is 0 Å². The van der Waals surface area contributed by atoms with Crippen molar-refractivity contribution in [1.29, 1.82) is 0 Å². The SMILES string of the molecule is Cc1cc(C(=O)COC(=O)C2CCN(C(=O)c3ccco3)CC2)c(C)c(C)c1C. The van der Waals surface area contributed by atoms with Crippen LogP contribution in [0.1, 0.15) is 56.0 Å². The van der Waals surface area contributed by atoms with E-state index in [2.05, 4.69) is 0 Å². The van der Waals surface area contributed by atoms with Crippen molar-refractivity contribution in [3.05, 3.63) is 58.0 Å². The average Bonchev–Trinajstić information content (AvgIpc) is 3.27. The predicted molar refractivity (Wildman–Crippen MR) is 108 cm³/mol. The minimum atomic E-state index is -0.373. The molecule has 1 aliphatic heterocycles. The van der Waals surface area contributed by atoms with Crippen LogP contribution >= 0.6 is 0 Å². The zero-order chi connectivity index (χ0) is 21.1. The highest BCUT2D eigenvalue weighted by Gasteiger charge is 2.30. The van der Waals surface area contributed by atoms with E-state index >= 15 is 0 Å². The zero-order valence-electron chi connectivity index (χ0n) is 17.4. The molecule has 0 spiro atoms. The Bertz CT molecular complexity index is 921. The smallest absolute Gasteiger partial charge is 0.309 e. The molecule has 2 aromatic rings. The first kappa shape index (κ1) is 20.8. The fourth-order valence-electron chi connectivity index (χ4n) is 3.71. The molecule has 0 aliphatic carbocycles. The molecule has 0 atom stereocenters. The van der Waals surface area contributed by atoms with Gasteiger partial charge in [0.15, 0.2) is 12.4 Å². The Morgan fingerprint density at radius 2 is 1.76 bits per heavy atom. The molecule has 0 saturated carbocycles. The molecule has 0 radical (unpaired) electrons. The Morgan fingerprint density at radius 3 is 2.38 bits per heavy atom.